The standard InChI is InChI=1S/C12H23NSi2/c1-14(2,3)12(15(4,5)6)11-8-7-9-13-10-11/h7-10,12H,1-6H3. The fraction of sp³-hybridized carbons (Fsp3) is 0.583. The maximum atomic E-state index is 4.28. The monoisotopic (exact) mass is 237 g/mol. The van der Waals surface area contributed by atoms with Gasteiger partial charge in [-0.2, -0.15) is 0 Å². The molecule has 0 radical (unpaired) electrons. The third-order valence-corrected chi connectivity index (χ3v) is 12.1. The highest BCUT2D eigenvalue weighted by atomic mass is 28.4. The van der Waals surface area contributed by atoms with E-state index in [0.717, 1.165) is 5.16 Å². The summed E-state index contributed by atoms with van der Waals surface area (Å²) in [4.78, 5) is 4.28. The van der Waals surface area contributed by atoms with Crippen LogP contribution in [0.4, 0.5) is 0 Å². The Hall–Kier alpha value is -0.416. The predicted molar refractivity (Wildman–Crippen MR) is 73.7 cm³/mol. The molecule has 0 aliphatic heterocycles. The zero-order valence-corrected chi connectivity index (χ0v) is 12.8. The number of pyridine rings is 1. The van der Waals surface area contributed by atoms with Gasteiger partial charge in [0.05, 0.1) is 0 Å². The molecule has 0 aliphatic rings. The molecule has 0 unspecified atom stereocenters. The Bertz CT molecular complexity index is 295. The van der Waals surface area contributed by atoms with Crippen LogP contribution in [0.1, 0.15) is 10.7 Å². The second-order valence-electron chi connectivity index (χ2n) is 6.45. The van der Waals surface area contributed by atoms with E-state index in [0.29, 0.717) is 0 Å². The van der Waals surface area contributed by atoms with Crippen LogP contribution < -0.4 is 0 Å². The summed E-state index contributed by atoms with van der Waals surface area (Å²) in [6.07, 6.45) is 3.94. The van der Waals surface area contributed by atoms with E-state index in [9.17, 15) is 0 Å². The highest BCUT2D eigenvalue weighted by molar-refractivity contribution is 6.96. The number of hydrogen-bond acceptors (Lipinski definition) is 1. The molecule has 1 nitrogen and oxygen atoms in total. The van der Waals surface area contributed by atoms with Crippen LogP contribution in [0.25, 0.3) is 0 Å². The first-order chi connectivity index (χ1) is 6.73. The van der Waals surface area contributed by atoms with Crippen molar-refractivity contribution in [3.63, 3.8) is 0 Å². The summed E-state index contributed by atoms with van der Waals surface area (Å²) in [5, 5.41) is 0.804. The lowest BCUT2D eigenvalue weighted by molar-refractivity contribution is 1.13. The summed E-state index contributed by atoms with van der Waals surface area (Å²) < 4.78 is 0. The van der Waals surface area contributed by atoms with Gasteiger partial charge in [-0.15, -0.1) is 0 Å². The van der Waals surface area contributed by atoms with E-state index >= 15 is 0 Å². The molecule has 84 valence electrons. The molecule has 0 aliphatic carbocycles. The maximum absolute atomic E-state index is 4.28. The van der Waals surface area contributed by atoms with Crippen LogP contribution in [0.5, 0.6) is 0 Å². The van der Waals surface area contributed by atoms with Crippen molar-refractivity contribution >= 4 is 16.1 Å². The molecule has 0 saturated carbocycles. The Kier molecular flexibility index (Phi) is 3.56. The fourth-order valence-corrected chi connectivity index (χ4v) is 15.6. The van der Waals surface area contributed by atoms with E-state index in [2.05, 4.69) is 62.6 Å². The predicted octanol–water partition coefficient (Wildman–Crippen LogP) is 3.92. The Labute approximate surface area is 96.0 Å². The van der Waals surface area contributed by atoms with Crippen LogP contribution in [-0.4, -0.2) is 21.1 Å². The van der Waals surface area contributed by atoms with Gasteiger partial charge >= 0.3 is 0 Å². The lowest BCUT2D eigenvalue weighted by atomic mass is 10.3. The molecule has 3 heteroatoms. The second-order valence-corrected chi connectivity index (χ2v) is 17.6. The van der Waals surface area contributed by atoms with Crippen molar-refractivity contribution in [1.29, 1.82) is 0 Å². The van der Waals surface area contributed by atoms with Crippen LogP contribution >= 0.6 is 0 Å². The molecule has 1 heterocycles. The van der Waals surface area contributed by atoms with Crippen LogP contribution in [0, 0.1) is 0 Å². The van der Waals surface area contributed by atoms with Crippen molar-refractivity contribution in [3.05, 3.63) is 30.1 Å². The second kappa shape index (κ2) is 4.22. The molecule has 0 spiro atoms. The molecule has 0 fully saturated rings. The number of hydrogen-bond donors (Lipinski definition) is 0. The Morgan fingerprint density at radius 2 is 1.53 bits per heavy atom. The molecule has 0 atom stereocenters. The summed E-state index contributed by atoms with van der Waals surface area (Å²) in [5.74, 6) is 0. The summed E-state index contributed by atoms with van der Waals surface area (Å²) >= 11 is 0. The lowest BCUT2D eigenvalue weighted by Crippen LogP contribution is -2.46. The Morgan fingerprint density at radius 3 is 1.87 bits per heavy atom. The largest absolute Gasteiger partial charge is 0.264 e. The minimum absolute atomic E-state index is 0.804. The first-order valence-electron chi connectivity index (χ1n) is 5.63. The molecular weight excluding hydrogens is 214 g/mol. The molecule has 0 saturated heterocycles. The van der Waals surface area contributed by atoms with Crippen LogP contribution in [0.3, 0.4) is 0 Å². The van der Waals surface area contributed by atoms with Crippen molar-refractivity contribution in [1.82, 2.24) is 4.98 Å². The number of nitrogens with zero attached hydrogens (tertiary/aromatic N) is 1. The highest BCUT2D eigenvalue weighted by Gasteiger charge is 2.38. The Balaban J connectivity index is 3.15. The first kappa shape index (κ1) is 12.7. The highest BCUT2D eigenvalue weighted by Crippen LogP contribution is 2.34. The zero-order valence-electron chi connectivity index (χ0n) is 10.8. The van der Waals surface area contributed by atoms with Crippen molar-refractivity contribution in [2.24, 2.45) is 0 Å². The van der Waals surface area contributed by atoms with Crippen molar-refractivity contribution < 1.29 is 0 Å². The van der Waals surface area contributed by atoms with E-state index in [4.69, 9.17) is 0 Å². The minimum Gasteiger partial charge on any atom is -0.264 e. The molecule has 15 heavy (non-hydrogen) atoms. The van der Waals surface area contributed by atoms with Gasteiger partial charge in [0.15, 0.2) is 0 Å². The molecular formula is C12H23NSi2. The molecule has 0 amide bonds. The van der Waals surface area contributed by atoms with Crippen LogP contribution in [0.2, 0.25) is 39.3 Å². The van der Waals surface area contributed by atoms with Gasteiger partial charge in [-0.1, -0.05) is 45.3 Å². The molecule has 0 aromatic carbocycles. The average Bonchev–Trinajstić information content (AvgIpc) is 2.00. The quantitative estimate of drug-likeness (QED) is 0.726. The summed E-state index contributed by atoms with van der Waals surface area (Å²) in [6, 6.07) is 4.33. The van der Waals surface area contributed by atoms with Gasteiger partial charge in [-0.25, -0.2) is 0 Å². The number of rotatable bonds is 3. The molecule has 1 rings (SSSR count). The molecule has 0 bridgehead atoms. The van der Waals surface area contributed by atoms with E-state index in [1.54, 1.807) is 0 Å². The van der Waals surface area contributed by atoms with Gasteiger partial charge in [-0.05, 0) is 16.8 Å². The average molecular weight is 237 g/mol. The van der Waals surface area contributed by atoms with E-state index in [1.807, 2.05) is 6.20 Å². The van der Waals surface area contributed by atoms with E-state index < -0.39 is 16.1 Å². The third-order valence-electron chi connectivity index (χ3n) is 2.75. The SMILES string of the molecule is C[Si](C)(C)C(c1cccnc1)[Si](C)(C)C. The summed E-state index contributed by atoms with van der Waals surface area (Å²) in [5.41, 5.74) is 1.47. The number of aromatic nitrogens is 1. The first-order valence-corrected chi connectivity index (χ1v) is 12.8. The normalized spacial score (nSPS) is 13.3. The summed E-state index contributed by atoms with van der Waals surface area (Å²) in [6.45, 7) is 14.9. The summed E-state index contributed by atoms with van der Waals surface area (Å²) in [7, 11) is -2.28. The van der Waals surface area contributed by atoms with Gasteiger partial charge in [0.2, 0.25) is 0 Å². The topological polar surface area (TPSA) is 12.9 Å². The lowest BCUT2D eigenvalue weighted by Gasteiger charge is -2.38. The van der Waals surface area contributed by atoms with Crippen molar-refractivity contribution in [2.75, 3.05) is 0 Å². The van der Waals surface area contributed by atoms with Gasteiger partial charge in [0, 0.05) is 28.5 Å². The van der Waals surface area contributed by atoms with Crippen LogP contribution in [0.15, 0.2) is 24.5 Å². The Morgan fingerprint density at radius 1 is 1.00 bits per heavy atom. The maximum Gasteiger partial charge on any atom is 0.0494 e. The van der Waals surface area contributed by atoms with E-state index in [-0.39, 0.29) is 0 Å². The third kappa shape index (κ3) is 3.28. The van der Waals surface area contributed by atoms with Crippen LogP contribution in [-0.2, 0) is 0 Å². The zero-order chi connectivity index (χ0) is 11.7. The van der Waals surface area contributed by atoms with Gasteiger partial charge < -0.3 is 0 Å². The fourth-order valence-electron chi connectivity index (χ4n) is 2.85. The van der Waals surface area contributed by atoms with Crippen molar-refractivity contribution in [3.8, 4) is 0 Å². The van der Waals surface area contributed by atoms with Gasteiger partial charge in [0.25, 0.3) is 0 Å². The molecule has 1 aromatic heterocycles. The molecule has 0 N–H and O–H groups in total. The minimum atomic E-state index is -1.14. The van der Waals surface area contributed by atoms with E-state index in [1.165, 1.54) is 5.56 Å². The van der Waals surface area contributed by atoms with Crippen molar-refractivity contribution in [2.45, 2.75) is 44.4 Å². The smallest absolute Gasteiger partial charge is 0.0494 e. The molecule has 1 aromatic rings. The van der Waals surface area contributed by atoms with Gasteiger partial charge in [0.1, 0.15) is 0 Å². The van der Waals surface area contributed by atoms with Gasteiger partial charge in [-0.3, -0.25) is 4.98 Å².